The van der Waals surface area contributed by atoms with E-state index in [4.69, 9.17) is 18.9 Å². The maximum atomic E-state index is 5.81. The van der Waals surface area contributed by atoms with Gasteiger partial charge in [-0.25, -0.2) is 0 Å². The number of rotatable bonds is 11. The quantitative estimate of drug-likeness (QED) is 0.636. The molecule has 0 saturated heterocycles. The lowest BCUT2D eigenvalue weighted by atomic mass is 10.1. The van der Waals surface area contributed by atoms with Crippen LogP contribution < -0.4 is 19.5 Å². The average Bonchev–Trinajstić information content (AvgIpc) is 2.52. The first kappa shape index (κ1) is 17.6. The number of methoxy groups -OCH3 is 2. The highest BCUT2D eigenvalue weighted by Gasteiger charge is 2.14. The van der Waals surface area contributed by atoms with Crippen LogP contribution in [-0.4, -0.2) is 40.6 Å². The number of ether oxygens (including phenoxy) is 4. The summed E-state index contributed by atoms with van der Waals surface area (Å²) in [4.78, 5) is 0. The van der Waals surface area contributed by atoms with Crippen LogP contribution in [0.15, 0.2) is 12.1 Å². The van der Waals surface area contributed by atoms with Crippen LogP contribution in [-0.2, 0) is 11.3 Å². The number of hydrogen-bond acceptors (Lipinski definition) is 5. The standard InChI is InChI=1S/C16H27NO4/c1-5-17-12-13-10-14(18-3)16(15(11-13)19-4)21-9-7-8-20-6-2/h10-11,17H,5-9,12H2,1-4H3. The number of nitrogens with one attached hydrogen (secondary N) is 1. The van der Waals surface area contributed by atoms with Gasteiger partial charge in [0.2, 0.25) is 5.75 Å². The molecular formula is C16H27NO4. The lowest BCUT2D eigenvalue weighted by molar-refractivity contribution is 0.129. The summed E-state index contributed by atoms with van der Waals surface area (Å²) in [6.07, 6.45) is 0.833. The Balaban J connectivity index is 2.75. The Bertz CT molecular complexity index is 384. The molecule has 0 radical (unpaired) electrons. The van der Waals surface area contributed by atoms with Crippen LogP contribution in [0.5, 0.6) is 17.2 Å². The maximum absolute atomic E-state index is 5.81. The predicted molar refractivity (Wildman–Crippen MR) is 83.5 cm³/mol. The Kier molecular flexibility index (Phi) is 8.62. The predicted octanol–water partition coefficient (Wildman–Crippen LogP) is 2.62. The van der Waals surface area contributed by atoms with Gasteiger partial charge in [0.25, 0.3) is 0 Å². The van der Waals surface area contributed by atoms with Crippen molar-refractivity contribution >= 4 is 0 Å². The van der Waals surface area contributed by atoms with Crippen LogP contribution in [0.1, 0.15) is 25.8 Å². The van der Waals surface area contributed by atoms with E-state index in [-0.39, 0.29) is 0 Å². The van der Waals surface area contributed by atoms with E-state index in [2.05, 4.69) is 12.2 Å². The first-order chi connectivity index (χ1) is 10.3. The van der Waals surface area contributed by atoms with Crippen molar-refractivity contribution in [1.29, 1.82) is 0 Å². The zero-order valence-corrected chi connectivity index (χ0v) is 13.5. The van der Waals surface area contributed by atoms with Crippen molar-refractivity contribution in [1.82, 2.24) is 5.32 Å². The Morgan fingerprint density at radius 3 is 2.19 bits per heavy atom. The van der Waals surface area contributed by atoms with Crippen molar-refractivity contribution in [2.24, 2.45) is 0 Å². The van der Waals surface area contributed by atoms with Crippen LogP contribution in [0.4, 0.5) is 0 Å². The van der Waals surface area contributed by atoms with E-state index in [1.165, 1.54) is 0 Å². The van der Waals surface area contributed by atoms with Crippen LogP contribution in [0, 0.1) is 0 Å². The summed E-state index contributed by atoms with van der Waals surface area (Å²) in [5, 5.41) is 3.28. The molecule has 0 aliphatic rings. The summed E-state index contributed by atoms with van der Waals surface area (Å²) in [6.45, 7) is 7.74. The summed E-state index contributed by atoms with van der Waals surface area (Å²) in [7, 11) is 3.28. The van der Waals surface area contributed by atoms with Gasteiger partial charge in [-0.3, -0.25) is 0 Å². The fourth-order valence-corrected chi connectivity index (χ4v) is 1.93. The Labute approximate surface area is 127 Å². The minimum absolute atomic E-state index is 0.569. The van der Waals surface area contributed by atoms with E-state index in [0.29, 0.717) is 30.5 Å². The van der Waals surface area contributed by atoms with Gasteiger partial charge in [0.15, 0.2) is 11.5 Å². The third-order valence-corrected chi connectivity index (χ3v) is 2.98. The summed E-state index contributed by atoms with van der Waals surface area (Å²) >= 11 is 0. The molecule has 0 bridgehead atoms. The van der Waals surface area contributed by atoms with Crippen LogP contribution >= 0.6 is 0 Å². The summed E-state index contributed by atoms with van der Waals surface area (Å²) in [5.41, 5.74) is 1.10. The summed E-state index contributed by atoms with van der Waals surface area (Å²) in [6, 6.07) is 3.95. The molecule has 1 N–H and O–H groups in total. The second-order valence-electron chi connectivity index (χ2n) is 4.51. The van der Waals surface area contributed by atoms with E-state index in [1.807, 2.05) is 19.1 Å². The number of hydrogen-bond donors (Lipinski definition) is 1. The zero-order chi connectivity index (χ0) is 15.5. The molecule has 5 nitrogen and oxygen atoms in total. The van der Waals surface area contributed by atoms with Crippen LogP contribution in [0.2, 0.25) is 0 Å². The molecule has 0 amide bonds. The molecule has 120 valence electrons. The second kappa shape index (κ2) is 10.3. The van der Waals surface area contributed by atoms with Gasteiger partial charge in [0.05, 0.1) is 20.8 Å². The minimum Gasteiger partial charge on any atom is -0.493 e. The lowest BCUT2D eigenvalue weighted by Gasteiger charge is -2.16. The van der Waals surface area contributed by atoms with Gasteiger partial charge < -0.3 is 24.3 Å². The Morgan fingerprint density at radius 1 is 1.00 bits per heavy atom. The van der Waals surface area contributed by atoms with E-state index in [0.717, 1.165) is 31.7 Å². The molecule has 0 aromatic heterocycles. The van der Waals surface area contributed by atoms with Crippen LogP contribution in [0.25, 0.3) is 0 Å². The molecule has 0 unspecified atom stereocenters. The molecule has 0 heterocycles. The molecule has 5 heteroatoms. The molecule has 0 saturated carbocycles. The summed E-state index contributed by atoms with van der Waals surface area (Å²) < 4.78 is 21.9. The van der Waals surface area contributed by atoms with Gasteiger partial charge in [-0.15, -0.1) is 0 Å². The number of benzene rings is 1. The normalized spacial score (nSPS) is 10.5. The highest BCUT2D eigenvalue weighted by Crippen LogP contribution is 2.38. The molecule has 1 aromatic carbocycles. The van der Waals surface area contributed by atoms with Gasteiger partial charge in [0, 0.05) is 26.2 Å². The van der Waals surface area contributed by atoms with Crippen molar-refractivity contribution in [3.05, 3.63) is 17.7 Å². The van der Waals surface area contributed by atoms with Crippen molar-refractivity contribution < 1.29 is 18.9 Å². The molecule has 0 fully saturated rings. The van der Waals surface area contributed by atoms with Gasteiger partial charge in [-0.1, -0.05) is 6.92 Å². The van der Waals surface area contributed by atoms with E-state index < -0.39 is 0 Å². The Hall–Kier alpha value is -1.46. The lowest BCUT2D eigenvalue weighted by Crippen LogP contribution is -2.12. The fraction of sp³-hybridized carbons (Fsp3) is 0.625. The minimum atomic E-state index is 0.569. The van der Waals surface area contributed by atoms with Gasteiger partial charge in [0.1, 0.15) is 0 Å². The molecule has 21 heavy (non-hydrogen) atoms. The smallest absolute Gasteiger partial charge is 0.203 e. The zero-order valence-electron chi connectivity index (χ0n) is 13.5. The van der Waals surface area contributed by atoms with Crippen molar-refractivity contribution in [2.45, 2.75) is 26.8 Å². The van der Waals surface area contributed by atoms with E-state index >= 15 is 0 Å². The Morgan fingerprint density at radius 2 is 1.67 bits per heavy atom. The van der Waals surface area contributed by atoms with Crippen molar-refractivity contribution in [2.75, 3.05) is 40.6 Å². The highest BCUT2D eigenvalue weighted by molar-refractivity contribution is 5.53. The fourth-order valence-electron chi connectivity index (χ4n) is 1.93. The molecule has 0 aliphatic heterocycles. The molecule has 0 spiro atoms. The molecule has 0 aliphatic carbocycles. The van der Waals surface area contributed by atoms with Crippen LogP contribution in [0.3, 0.4) is 0 Å². The molecule has 0 atom stereocenters. The topological polar surface area (TPSA) is 49.0 Å². The first-order valence-electron chi connectivity index (χ1n) is 7.42. The van der Waals surface area contributed by atoms with Gasteiger partial charge in [-0.05, 0) is 31.2 Å². The molecular weight excluding hydrogens is 270 g/mol. The second-order valence-corrected chi connectivity index (χ2v) is 4.51. The molecule has 1 rings (SSSR count). The van der Waals surface area contributed by atoms with Crippen molar-refractivity contribution in [3.8, 4) is 17.2 Å². The monoisotopic (exact) mass is 297 g/mol. The molecule has 1 aromatic rings. The SMILES string of the molecule is CCNCc1cc(OC)c(OCCCOCC)c(OC)c1. The van der Waals surface area contributed by atoms with Gasteiger partial charge in [-0.2, -0.15) is 0 Å². The van der Waals surface area contributed by atoms with E-state index in [1.54, 1.807) is 14.2 Å². The average molecular weight is 297 g/mol. The first-order valence-corrected chi connectivity index (χ1v) is 7.42. The third kappa shape index (κ3) is 5.81. The third-order valence-electron chi connectivity index (χ3n) is 2.98. The highest BCUT2D eigenvalue weighted by atomic mass is 16.5. The van der Waals surface area contributed by atoms with Gasteiger partial charge >= 0.3 is 0 Å². The van der Waals surface area contributed by atoms with Crippen molar-refractivity contribution in [3.63, 3.8) is 0 Å². The largest absolute Gasteiger partial charge is 0.493 e. The van der Waals surface area contributed by atoms with E-state index in [9.17, 15) is 0 Å². The summed E-state index contributed by atoms with van der Waals surface area (Å²) in [5.74, 6) is 2.04. The maximum Gasteiger partial charge on any atom is 0.203 e.